The number of anilines is 1. The number of amides is 1. The van der Waals surface area contributed by atoms with Gasteiger partial charge in [-0.2, -0.15) is 13.2 Å². The highest BCUT2D eigenvalue weighted by Gasteiger charge is 2.43. The Labute approximate surface area is 177 Å². The van der Waals surface area contributed by atoms with Crippen molar-refractivity contribution in [1.29, 1.82) is 0 Å². The minimum Gasteiger partial charge on any atom is -0.366 e. The van der Waals surface area contributed by atoms with Crippen molar-refractivity contribution in [3.63, 3.8) is 0 Å². The van der Waals surface area contributed by atoms with E-state index in [0.717, 1.165) is 19.3 Å². The van der Waals surface area contributed by atoms with Crippen LogP contribution < -0.4 is 10.6 Å². The molecular weight excluding hydrogens is 407 g/mol. The largest absolute Gasteiger partial charge is 0.455 e. The lowest BCUT2D eigenvalue weighted by Crippen LogP contribution is -2.36. The molecule has 0 saturated carbocycles. The zero-order valence-corrected chi connectivity index (χ0v) is 16.7. The summed E-state index contributed by atoms with van der Waals surface area (Å²) in [6.45, 7) is 1.07. The van der Waals surface area contributed by atoms with Gasteiger partial charge in [0.1, 0.15) is 5.82 Å². The van der Waals surface area contributed by atoms with E-state index >= 15 is 0 Å². The number of nitrogens with one attached hydrogen (secondary N) is 1. The fourth-order valence-corrected chi connectivity index (χ4v) is 4.25. The van der Waals surface area contributed by atoms with Crippen LogP contribution in [0.2, 0.25) is 0 Å². The number of carbonyl (C=O) groups excluding carboxylic acids is 2. The molecule has 1 fully saturated rings. The molecule has 0 atom stereocenters. The number of halogens is 3. The maximum atomic E-state index is 13.3. The highest BCUT2D eigenvalue weighted by Crippen LogP contribution is 2.36. The zero-order valence-electron chi connectivity index (χ0n) is 16.7. The fraction of sp³-hybridized carbons (Fsp3) is 0.304. The minimum atomic E-state index is -5.00. The number of Topliss-reactive ketones (excluding diaryl/α,β-unsaturated/α-hetero) is 1. The average Bonchev–Trinajstić information content (AvgIpc) is 3.12. The number of benzene rings is 2. The summed E-state index contributed by atoms with van der Waals surface area (Å²) < 4.78 is 40.0. The van der Waals surface area contributed by atoms with Gasteiger partial charge in [-0.1, -0.05) is 36.4 Å². The number of hydrogen-bond donors (Lipinski definition) is 2. The summed E-state index contributed by atoms with van der Waals surface area (Å²) in [5.41, 5.74) is 6.56. The number of fused-ring (bicyclic) bond motifs is 1. The summed E-state index contributed by atoms with van der Waals surface area (Å²) in [5, 5.41) is 0.133. The van der Waals surface area contributed by atoms with Gasteiger partial charge in [0, 0.05) is 29.6 Å². The van der Waals surface area contributed by atoms with Crippen molar-refractivity contribution in [2.45, 2.75) is 25.4 Å². The van der Waals surface area contributed by atoms with Gasteiger partial charge in [0.15, 0.2) is 0 Å². The van der Waals surface area contributed by atoms with Crippen LogP contribution in [-0.4, -0.2) is 35.9 Å². The third-order valence-corrected chi connectivity index (χ3v) is 5.85. The van der Waals surface area contributed by atoms with Gasteiger partial charge in [0.2, 0.25) is 5.91 Å². The number of rotatable bonds is 5. The van der Waals surface area contributed by atoms with Gasteiger partial charge in [0.05, 0.1) is 5.56 Å². The maximum Gasteiger partial charge on any atom is 0.455 e. The van der Waals surface area contributed by atoms with E-state index in [4.69, 9.17) is 5.73 Å². The van der Waals surface area contributed by atoms with Gasteiger partial charge in [-0.25, -0.2) is 0 Å². The lowest BCUT2D eigenvalue weighted by molar-refractivity contribution is -0.0883. The molecule has 2 heterocycles. The summed E-state index contributed by atoms with van der Waals surface area (Å²) in [7, 11) is 0. The lowest BCUT2D eigenvalue weighted by atomic mass is 9.90. The fourth-order valence-electron chi connectivity index (χ4n) is 4.25. The number of ketones is 1. The van der Waals surface area contributed by atoms with Crippen LogP contribution in [0.25, 0.3) is 10.9 Å². The molecule has 0 radical (unpaired) electrons. The van der Waals surface area contributed by atoms with Gasteiger partial charge in [-0.15, -0.1) is 0 Å². The van der Waals surface area contributed by atoms with Crippen LogP contribution >= 0.6 is 0 Å². The molecule has 1 amide bonds. The Morgan fingerprint density at radius 3 is 2.35 bits per heavy atom. The monoisotopic (exact) mass is 429 g/mol. The SMILES string of the molecule is NC(=O)c1ccc2c(C(=O)C(F)(F)F)c(N3CCC(Cc4ccccc4)CC3)[nH]c2c1. The second kappa shape index (κ2) is 8.09. The molecule has 0 bridgehead atoms. The molecular formula is C23H22F3N3O2. The Hall–Kier alpha value is -3.29. The standard InChI is InChI=1S/C23H22F3N3O2/c24-23(25,26)20(30)19-17-7-6-16(21(27)31)13-18(17)28-22(19)29-10-8-15(9-11-29)12-14-4-2-1-3-5-14/h1-7,13,15,28H,8-12H2,(H2,27,31). The van der Waals surface area contributed by atoms with E-state index in [0.29, 0.717) is 19.0 Å². The minimum absolute atomic E-state index is 0.133. The quantitative estimate of drug-likeness (QED) is 0.588. The molecule has 8 heteroatoms. The molecule has 0 aliphatic carbocycles. The molecule has 0 unspecified atom stereocenters. The van der Waals surface area contributed by atoms with E-state index in [1.165, 1.54) is 23.8 Å². The van der Waals surface area contributed by atoms with Crippen molar-refractivity contribution in [1.82, 2.24) is 4.98 Å². The number of piperidine rings is 1. The maximum absolute atomic E-state index is 13.3. The first-order valence-electron chi connectivity index (χ1n) is 10.1. The zero-order chi connectivity index (χ0) is 22.2. The van der Waals surface area contributed by atoms with Crippen molar-refractivity contribution < 1.29 is 22.8 Å². The van der Waals surface area contributed by atoms with E-state index in [1.54, 1.807) is 4.90 Å². The third-order valence-electron chi connectivity index (χ3n) is 5.85. The molecule has 0 spiro atoms. The van der Waals surface area contributed by atoms with Crippen LogP contribution in [-0.2, 0) is 6.42 Å². The second-order valence-corrected chi connectivity index (χ2v) is 7.92. The van der Waals surface area contributed by atoms with Crippen molar-refractivity contribution >= 4 is 28.4 Å². The van der Waals surface area contributed by atoms with E-state index in [-0.39, 0.29) is 22.3 Å². The topological polar surface area (TPSA) is 79.2 Å². The predicted molar refractivity (Wildman–Crippen MR) is 112 cm³/mol. The molecule has 162 valence electrons. The Bertz CT molecular complexity index is 1110. The highest BCUT2D eigenvalue weighted by molar-refractivity contribution is 6.15. The number of aromatic amines is 1. The van der Waals surface area contributed by atoms with Crippen LogP contribution in [0, 0.1) is 5.92 Å². The van der Waals surface area contributed by atoms with Gasteiger partial charge in [-0.05, 0) is 42.9 Å². The van der Waals surface area contributed by atoms with Crippen LogP contribution in [0.15, 0.2) is 48.5 Å². The summed E-state index contributed by atoms with van der Waals surface area (Å²) in [4.78, 5) is 28.5. The number of primary amides is 1. The van der Waals surface area contributed by atoms with Gasteiger partial charge >= 0.3 is 6.18 Å². The molecule has 3 aromatic rings. The van der Waals surface area contributed by atoms with Crippen LogP contribution in [0.3, 0.4) is 0 Å². The first-order valence-corrected chi connectivity index (χ1v) is 10.1. The van der Waals surface area contributed by atoms with E-state index < -0.39 is 23.4 Å². The van der Waals surface area contributed by atoms with Gasteiger partial charge < -0.3 is 15.6 Å². The van der Waals surface area contributed by atoms with Crippen molar-refractivity contribution in [3.8, 4) is 0 Å². The summed E-state index contributed by atoms with van der Waals surface area (Å²) in [5.74, 6) is -2.01. The third kappa shape index (κ3) is 4.28. The van der Waals surface area contributed by atoms with E-state index in [1.807, 2.05) is 18.2 Å². The van der Waals surface area contributed by atoms with Gasteiger partial charge in [0.25, 0.3) is 5.78 Å². The smallest absolute Gasteiger partial charge is 0.366 e. The van der Waals surface area contributed by atoms with Crippen molar-refractivity contribution in [2.75, 3.05) is 18.0 Å². The Morgan fingerprint density at radius 2 is 1.74 bits per heavy atom. The Morgan fingerprint density at radius 1 is 1.06 bits per heavy atom. The molecule has 1 aliphatic rings. The summed E-state index contributed by atoms with van der Waals surface area (Å²) in [6, 6.07) is 14.1. The number of aromatic nitrogens is 1. The van der Waals surface area contributed by atoms with E-state index in [2.05, 4.69) is 17.1 Å². The number of alkyl halides is 3. The first-order chi connectivity index (χ1) is 14.7. The number of carbonyl (C=O) groups is 2. The molecule has 31 heavy (non-hydrogen) atoms. The molecule has 1 aromatic heterocycles. The second-order valence-electron chi connectivity index (χ2n) is 7.92. The van der Waals surface area contributed by atoms with Gasteiger partial charge in [-0.3, -0.25) is 9.59 Å². The molecule has 1 saturated heterocycles. The number of nitrogens with two attached hydrogens (primary N) is 1. The molecule has 5 nitrogen and oxygen atoms in total. The van der Waals surface area contributed by atoms with Crippen LogP contribution in [0.1, 0.15) is 39.1 Å². The number of nitrogens with zero attached hydrogens (tertiary/aromatic N) is 1. The van der Waals surface area contributed by atoms with Crippen molar-refractivity contribution in [3.05, 3.63) is 65.2 Å². The first kappa shape index (κ1) is 21.0. The molecule has 4 rings (SSSR count). The molecule has 3 N–H and O–H groups in total. The molecule has 1 aliphatic heterocycles. The van der Waals surface area contributed by atoms with Crippen molar-refractivity contribution in [2.24, 2.45) is 11.7 Å². The summed E-state index contributed by atoms with van der Waals surface area (Å²) in [6.07, 6.45) is -2.48. The van der Waals surface area contributed by atoms with Crippen LogP contribution in [0.4, 0.5) is 19.0 Å². The van der Waals surface area contributed by atoms with E-state index in [9.17, 15) is 22.8 Å². The summed E-state index contributed by atoms with van der Waals surface area (Å²) >= 11 is 0. The lowest BCUT2D eigenvalue weighted by Gasteiger charge is -2.33. The molecule has 2 aromatic carbocycles. The normalized spacial score (nSPS) is 15.4. The number of H-pyrrole nitrogens is 1. The Kier molecular flexibility index (Phi) is 5.47. The van der Waals surface area contributed by atoms with Crippen LogP contribution in [0.5, 0.6) is 0 Å². The average molecular weight is 429 g/mol. The highest BCUT2D eigenvalue weighted by atomic mass is 19.4. The number of hydrogen-bond acceptors (Lipinski definition) is 3. The predicted octanol–water partition coefficient (Wildman–Crippen LogP) is 4.47. The Balaban J connectivity index is 1.63.